The Balaban J connectivity index is 1.31. The van der Waals surface area contributed by atoms with Crippen LogP contribution in [0, 0.1) is 0 Å². The van der Waals surface area contributed by atoms with Crippen LogP contribution in [-0.4, -0.2) is 48.8 Å². The van der Waals surface area contributed by atoms with E-state index in [0.717, 1.165) is 5.56 Å². The van der Waals surface area contributed by atoms with Gasteiger partial charge in [-0.05, 0) is 42.0 Å². The Bertz CT molecular complexity index is 1070. The number of benzene rings is 2. The van der Waals surface area contributed by atoms with E-state index in [2.05, 4.69) is 5.32 Å². The van der Waals surface area contributed by atoms with Gasteiger partial charge in [-0.15, -0.1) is 0 Å². The molecule has 0 aliphatic carbocycles. The van der Waals surface area contributed by atoms with Gasteiger partial charge < -0.3 is 24.4 Å². The van der Waals surface area contributed by atoms with Crippen LogP contribution in [0.2, 0.25) is 5.02 Å². The molecular formula is C23H21ClN2O5. The molecule has 0 saturated carbocycles. The summed E-state index contributed by atoms with van der Waals surface area (Å²) in [5.74, 6) is -0.362. The second kappa shape index (κ2) is 8.00. The number of carbonyl (C=O) groups excluding carboxylic acids is 2. The Morgan fingerprint density at radius 2 is 1.87 bits per heavy atom. The van der Waals surface area contributed by atoms with Gasteiger partial charge in [0.2, 0.25) is 0 Å². The minimum absolute atomic E-state index is 0.0924. The number of amides is 2. The molecule has 3 aliphatic heterocycles. The molecule has 2 amide bonds. The third-order valence-corrected chi connectivity index (χ3v) is 5.93. The smallest absolute Gasteiger partial charge is 0.291 e. The lowest BCUT2D eigenvalue weighted by molar-refractivity contribution is -0.181. The Morgan fingerprint density at radius 1 is 1.10 bits per heavy atom. The molecule has 2 aromatic carbocycles. The fraction of sp³-hybridized carbons (Fsp3) is 0.304. The van der Waals surface area contributed by atoms with Crippen LogP contribution in [0.1, 0.15) is 28.8 Å². The summed E-state index contributed by atoms with van der Waals surface area (Å²) >= 11 is 6.01. The molecule has 3 aliphatic rings. The molecule has 2 fully saturated rings. The molecule has 0 aromatic heterocycles. The van der Waals surface area contributed by atoms with E-state index in [4.69, 9.17) is 25.8 Å². The lowest BCUT2D eigenvalue weighted by Crippen LogP contribution is -2.47. The molecule has 5 rings (SSSR count). The van der Waals surface area contributed by atoms with E-state index in [1.54, 1.807) is 47.4 Å². The molecule has 2 saturated heterocycles. The number of carbonyl (C=O) groups is 2. The number of piperidine rings is 1. The quantitative estimate of drug-likeness (QED) is 0.721. The number of nitrogens with one attached hydrogen (secondary N) is 1. The second-order valence-corrected chi connectivity index (χ2v) is 8.17. The largest absolute Gasteiger partial charge is 0.449 e. The van der Waals surface area contributed by atoms with Gasteiger partial charge in [0.15, 0.2) is 17.3 Å². The monoisotopic (exact) mass is 440 g/mol. The molecule has 3 heterocycles. The highest BCUT2D eigenvalue weighted by Crippen LogP contribution is 2.35. The molecule has 7 nitrogen and oxygen atoms in total. The van der Waals surface area contributed by atoms with E-state index in [-0.39, 0.29) is 17.6 Å². The van der Waals surface area contributed by atoms with Gasteiger partial charge >= 0.3 is 0 Å². The van der Waals surface area contributed by atoms with Crippen molar-refractivity contribution in [2.24, 2.45) is 0 Å². The van der Waals surface area contributed by atoms with Gasteiger partial charge in [-0.25, -0.2) is 0 Å². The van der Waals surface area contributed by atoms with Gasteiger partial charge in [-0.2, -0.15) is 0 Å². The number of nitrogens with zero attached hydrogens (tertiary/aromatic N) is 1. The first-order chi connectivity index (χ1) is 15.0. The number of ether oxygens (including phenoxy) is 3. The Hall–Kier alpha value is -2.87. The van der Waals surface area contributed by atoms with E-state index in [1.807, 2.05) is 6.07 Å². The molecule has 160 valence electrons. The summed E-state index contributed by atoms with van der Waals surface area (Å²) in [6.45, 7) is 2.33. The fourth-order valence-electron chi connectivity index (χ4n) is 4.06. The summed E-state index contributed by atoms with van der Waals surface area (Å²) in [7, 11) is 0. The molecule has 0 bridgehead atoms. The number of hydrogen-bond donors (Lipinski definition) is 1. The first kappa shape index (κ1) is 20.1. The third kappa shape index (κ3) is 4.04. The maximum atomic E-state index is 13.0. The van der Waals surface area contributed by atoms with Gasteiger partial charge in [0, 0.05) is 36.5 Å². The van der Waals surface area contributed by atoms with Gasteiger partial charge in [0.05, 0.1) is 18.9 Å². The van der Waals surface area contributed by atoms with Crippen LogP contribution in [-0.2, 0) is 14.3 Å². The highest BCUT2D eigenvalue weighted by molar-refractivity contribution is 6.30. The van der Waals surface area contributed by atoms with Crippen molar-refractivity contribution in [3.05, 3.63) is 64.4 Å². The molecule has 0 radical (unpaired) electrons. The standard InChI is InChI=1S/C23H21ClN2O5/c24-17-3-1-2-15(12-17)13-20-21(27)25-18-14-16(4-5-19(18)31-20)22(28)26-8-6-23(7-9-26)29-10-11-30-23/h1-5,12-14H,6-11H2,(H,25,27)/b20-13-. The number of fused-ring (bicyclic) bond motifs is 1. The molecular weight excluding hydrogens is 420 g/mol. The number of rotatable bonds is 2. The Labute approximate surface area is 184 Å². The zero-order valence-corrected chi connectivity index (χ0v) is 17.5. The average Bonchev–Trinajstić information content (AvgIpc) is 3.22. The number of halogens is 1. The summed E-state index contributed by atoms with van der Waals surface area (Å²) in [5.41, 5.74) is 1.72. The normalized spacial score (nSPS) is 21.0. The second-order valence-electron chi connectivity index (χ2n) is 7.73. The van der Waals surface area contributed by atoms with Crippen molar-refractivity contribution in [3.8, 4) is 5.75 Å². The van der Waals surface area contributed by atoms with Crippen LogP contribution in [0.25, 0.3) is 6.08 Å². The van der Waals surface area contributed by atoms with Crippen LogP contribution < -0.4 is 10.1 Å². The minimum atomic E-state index is -0.528. The van der Waals surface area contributed by atoms with Crippen LogP contribution in [0.5, 0.6) is 5.75 Å². The zero-order valence-electron chi connectivity index (χ0n) is 16.7. The zero-order chi connectivity index (χ0) is 21.4. The number of likely N-dealkylation sites (tertiary alicyclic amines) is 1. The summed E-state index contributed by atoms with van der Waals surface area (Å²) in [6, 6.07) is 12.2. The molecule has 1 spiro atoms. The molecule has 0 atom stereocenters. The molecule has 2 aromatic rings. The first-order valence-electron chi connectivity index (χ1n) is 10.2. The number of anilines is 1. The van der Waals surface area contributed by atoms with Crippen molar-refractivity contribution in [3.63, 3.8) is 0 Å². The molecule has 0 unspecified atom stereocenters. The summed E-state index contributed by atoms with van der Waals surface area (Å²) < 4.78 is 17.2. The van der Waals surface area contributed by atoms with E-state index in [1.165, 1.54) is 0 Å². The predicted molar refractivity (Wildman–Crippen MR) is 115 cm³/mol. The lowest BCUT2D eigenvalue weighted by Gasteiger charge is -2.37. The SMILES string of the molecule is O=C1Nc2cc(C(=O)N3CCC4(CC3)OCCO4)ccc2O/C1=C\c1cccc(Cl)c1. The highest BCUT2D eigenvalue weighted by Gasteiger charge is 2.41. The van der Waals surface area contributed by atoms with Gasteiger partial charge in [-0.3, -0.25) is 9.59 Å². The van der Waals surface area contributed by atoms with Gasteiger partial charge in [0.1, 0.15) is 0 Å². The Kier molecular flexibility index (Phi) is 5.17. The van der Waals surface area contributed by atoms with Crippen LogP contribution in [0.4, 0.5) is 5.69 Å². The minimum Gasteiger partial charge on any atom is -0.449 e. The number of hydrogen-bond acceptors (Lipinski definition) is 5. The highest BCUT2D eigenvalue weighted by atomic mass is 35.5. The van der Waals surface area contributed by atoms with Crippen molar-refractivity contribution < 1.29 is 23.8 Å². The van der Waals surface area contributed by atoms with Gasteiger partial charge in [-0.1, -0.05) is 23.7 Å². The maximum absolute atomic E-state index is 13.0. The van der Waals surface area contributed by atoms with Crippen molar-refractivity contribution >= 4 is 35.2 Å². The summed E-state index contributed by atoms with van der Waals surface area (Å²) in [4.78, 5) is 27.3. The fourth-order valence-corrected chi connectivity index (χ4v) is 4.26. The van der Waals surface area contributed by atoms with Crippen LogP contribution >= 0.6 is 11.6 Å². The van der Waals surface area contributed by atoms with Crippen molar-refractivity contribution in [2.75, 3.05) is 31.6 Å². The van der Waals surface area contributed by atoms with Crippen LogP contribution in [0.3, 0.4) is 0 Å². The molecule has 8 heteroatoms. The topological polar surface area (TPSA) is 77.1 Å². The first-order valence-corrected chi connectivity index (χ1v) is 10.6. The van der Waals surface area contributed by atoms with E-state index in [9.17, 15) is 9.59 Å². The molecule has 1 N–H and O–H groups in total. The van der Waals surface area contributed by atoms with E-state index >= 15 is 0 Å². The van der Waals surface area contributed by atoms with Crippen molar-refractivity contribution in [1.82, 2.24) is 4.90 Å². The summed E-state index contributed by atoms with van der Waals surface area (Å²) in [5, 5.41) is 3.38. The lowest BCUT2D eigenvalue weighted by atomic mass is 10.0. The predicted octanol–water partition coefficient (Wildman–Crippen LogP) is 3.69. The van der Waals surface area contributed by atoms with E-state index in [0.29, 0.717) is 61.2 Å². The van der Waals surface area contributed by atoms with Gasteiger partial charge in [0.25, 0.3) is 11.8 Å². The van der Waals surface area contributed by atoms with E-state index < -0.39 is 5.79 Å². The van der Waals surface area contributed by atoms with Crippen molar-refractivity contribution in [1.29, 1.82) is 0 Å². The van der Waals surface area contributed by atoms with Crippen molar-refractivity contribution in [2.45, 2.75) is 18.6 Å². The average molecular weight is 441 g/mol. The maximum Gasteiger partial charge on any atom is 0.291 e. The molecule has 31 heavy (non-hydrogen) atoms. The third-order valence-electron chi connectivity index (χ3n) is 5.69. The summed E-state index contributed by atoms with van der Waals surface area (Å²) in [6.07, 6.45) is 2.93. The van der Waals surface area contributed by atoms with Crippen LogP contribution in [0.15, 0.2) is 48.2 Å². The Morgan fingerprint density at radius 3 is 2.61 bits per heavy atom.